The summed E-state index contributed by atoms with van der Waals surface area (Å²) in [5, 5.41) is 10.5. The molecule has 0 aliphatic heterocycles. The van der Waals surface area contributed by atoms with Gasteiger partial charge in [-0.05, 0) is 44.0 Å². The van der Waals surface area contributed by atoms with Gasteiger partial charge in [0.15, 0.2) is 11.2 Å². The Balaban J connectivity index is 1.83. The summed E-state index contributed by atoms with van der Waals surface area (Å²) in [4.78, 5) is 28.8. The summed E-state index contributed by atoms with van der Waals surface area (Å²) < 4.78 is 2.77. The lowest BCUT2D eigenvalue weighted by molar-refractivity contribution is -0.116. The number of hydrogen-bond donors (Lipinski definition) is 1. The Hall–Kier alpha value is -3.03. The molecule has 3 aromatic rings. The first-order valence-corrected chi connectivity index (χ1v) is 7.64. The van der Waals surface area contributed by atoms with Gasteiger partial charge in [0.05, 0.1) is 0 Å². The fourth-order valence-electron chi connectivity index (χ4n) is 2.61. The van der Waals surface area contributed by atoms with E-state index in [1.165, 1.54) is 15.6 Å². The number of carbonyl (C=O) groups excluding carboxylic acids is 1. The van der Waals surface area contributed by atoms with E-state index in [2.05, 4.69) is 20.6 Å². The zero-order valence-corrected chi connectivity index (χ0v) is 13.8. The number of hydrogen-bond acceptors (Lipinski definition) is 5. The maximum Gasteiger partial charge on any atom is 0.283 e. The van der Waals surface area contributed by atoms with Gasteiger partial charge in [0, 0.05) is 12.2 Å². The number of nitrogens with zero attached hydrogens (tertiary/aromatic N) is 5. The minimum atomic E-state index is -0.379. The van der Waals surface area contributed by atoms with Crippen molar-refractivity contribution in [1.29, 1.82) is 0 Å². The molecule has 0 saturated carbocycles. The molecule has 0 aliphatic rings. The molecule has 24 heavy (non-hydrogen) atoms. The largest absolute Gasteiger partial charge is 0.325 e. The van der Waals surface area contributed by atoms with Gasteiger partial charge in [-0.15, -0.1) is 5.10 Å². The number of nitrogens with one attached hydrogen (secondary N) is 1. The third kappa shape index (κ3) is 3.03. The smallest absolute Gasteiger partial charge is 0.283 e. The van der Waals surface area contributed by atoms with Gasteiger partial charge >= 0.3 is 0 Å². The Labute approximate surface area is 138 Å². The summed E-state index contributed by atoms with van der Waals surface area (Å²) >= 11 is 0. The number of rotatable bonds is 4. The van der Waals surface area contributed by atoms with Crippen LogP contribution in [-0.4, -0.2) is 30.5 Å². The summed E-state index contributed by atoms with van der Waals surface area (Å²) in [6.07, 6.45) is 1.35. The lowest BCUT2D eigenvalue weighted by atomic mass is 10.1. The second-order valence-corrected chi connectivity index (χ2v) is 5.68. The number of aryl methyl sites for hydroxylation is 3. The predicted molar refractivity (Wildman–Crippen MR) is 89.8 cm³/mol. The van der Waals surface area contributed by atoms with Crippen molar-refractivity contribution < 1.29 is 4.79 Å². The monoisotopic (exact) mass is 326 g/mol. The number of aromatic nitrogens is 5. The van der Waals surface area contributed by atoms with Crippen LogP contribution in [0.1, 0.15) is 18.1 Å². The van der Waals surface area contributed by atoms with Crippen molar-refractivity contribution in [3.8, 4) is 0 Å². The SMILES string of the molecule is CCn1nnc2c(=O)n(CC(=O)Nc3cc(C)cc(C)c3)cnc21. The molecular formula is C16H18N6O2. The normalized spacial score (nSPS) is 11.0. The second kappa shape index (κ2) is 6.23. The average Bonchev–Trinajstić information content (AvgIpc) is 2.92. The zero-order valence-electron chi connectivity index (χ0n) is 13.8. The van der Waals surface area contributed by atoms with Crippen LogP contribution in [0.2, 0.25) is 0 Å². The van der Waals surface area contributed by atoms with Crippen molar-refractivity contribution in [2.45, 2.75) is 33.9 Å². The van der Waals surface area contributed by atoms with Crippen molar-refractivity contribution in [3.05, 3.63) is 46.0 Å². The summed E-state index contributed by atoms with van der Waals surface area (Å²) in [6, 6.07) is 5.78. The minimum Gasteiger partial charge on any atom is -0.325 e. The molecule has 124 valence electrons. The maximum absolute atomic E-state index is 12.4. The minimum absolute atomic E-state index is 0.131. The average molecular weight is 326 g/mol. The van der Waals surface area contributed by atoms with Gasteiger partial charge in [-0.2, -0.15) is 0 Å². The highest BCUT2D eigenvalue weighted by Crippen LogP contribution is 2.13. The maximum atomic E-state index is 12.4. The summed E-state index contributed by atoms with van der Waals surface area (Å²) in [6.45, 7) is 6.25. The first kappa shape index (κ1) is 15.9. The second-order valence-electron chi connectivity index (χ2n) is 5.68. The van der Waals surface area contributed by atoms with E-state index < -0.39 is 0 Å². The van der Waals surface area contributed by atoms with E-state index in [0.29, 0.717) is 17.9 Å². The lowest BCUT2D eigenvalue weighted by Gasteiger charge is -2.09. The van der Waals surface area contributed by atoms with Crippen LogP contribution in [0.5, 0.6) is 0 Å². The van der Waals surface area contributed by atoms with E-state index in [9.17, 15) is 9.59 Å². The molecule has 2 heterocycles. The highest BCUT2D eigenvalue weighted by Gasteiger charge is 2.13. The third-order valence-electron chi connectivity index (χ3n) is 3.61. The fourth-order valence-corrected chi connectivity index (χ4v) is 2.61. The van der Waals surface area contributed by atoms with Crippen molar-refractivity contribution in [2.24, 2.45) is 0 Å². The van der Waals surface area contributed by atoms with Gasteiger partial charge in [-0.25, -0.2) is 9.67 Å². The van der Waals surface area contributed by atoms with E-state index >= 15 is 0 Å². The van der Waals surface area contributed by atoms with Crippen molar-refractivity contribution in [3.63, 3.8) is 0 Å². The van der Waals surface area contributed by atoms with Gasteiger partial charge in [-0.1, -0.05) is 11.3 Å². The van der Waals surface area contributed by atoms with E-state index in [0.717, 1.165) is 11.1 Å². The van der Waals surface area contributed by atoms with Gasteiger partial charge < -0.3 is 5.32 Å². The predicted octanol–water partition coefficient (Wildman–Crippen LogP) is 1.26. The van der Waals surface area contributed by atoms with Crippen LogP contribution >= 0.6 is 0 Å². The molecule has 0 saturated heterocycles. The Bertz CT molecular complexity index is 952. The molecule has 1 N–H and O–H groups in total. The van der Waals surface area contributed by atoms with Crippen LogP contribution in [0, 0.1) is 13.8 Å². The number of benzene rings is 1. The Morgan fingerprint density at radius 2 is 1.92 bits per heavy atom. The molecule has 3 rings (SSSR count). The molecule has 0 spiro atoms. The molecule has 0 bridgehead atoms. The van der Waals surface area contributed by atoms with E-state index in [1.54, 1.807) is 0 Å². The van der Waals surface area contributed by atoms with Crippen LogP contribution in [0.3, 0.4) is 0 Å². The first-order valence-electron chi connectivity index (χ1n) is 7.64. The Morgan fingerprint density at radius 1 is 1.21 bits per heavy atom. The summed E-state index contributed by atoms with van der Waals surface area (Å²) in [5.74, 6) is -0.300. The van der Waals surface area contributed by atoms with Gasteiger partial charge in [0.1, 0.15) is 12.9 Å². The van der Waals surface area contributed by atoms with Crippen molar-refractivity contribution in [1.82, 2.24) is 24.5 Å². The summed E-state index contributed by atoms with van der Waals surface area (Å²) in [5.41, 5.74) is 3.03. The number of anilines is 1. The van der Waals surface area contributed by atoms with Crippen LogP contribution in [0.4, 0.5) is 5.69 Å². The Morgan fingerprint density at radius 3 is 2.58 bits per heavy atom. The molecule has 0 fully saturated rings. The molecule has 0 unspecified atom stereocenters. The number of carbonyl (C=O) groups is 1. The fraction of sp³-hybridized carbons (Fsp3) is 0.312. The van der Waals surface area contributed by atoms with Crippen LogP contribution in [-0.2, 0) is 17.9 Å². The molecule has 0 aliphatic carbocycles. The lowest BCUT2D eigenvalue weighted by Crippen LogP contribution is -2.28. The first-order chi connectivity index (χ1) is 11.5. The Kier molecular flexibility index (Phi) is 4.11. The topological polar surface area (TPSA) is 94.7 Å². The number of amides is 1. The molecule has 8 heteroatoms. The van der Waals surface area contributed by atoms with Crippen LogP contribution in [0.25, 0.3) is 11.2 Å². The van der Waals surface area contributed by atoms with Crippen molar-refractivity contribution >= 4 is 22.8 Å². The molecule has 2 aromatic heterocycles. The number of fused-ring (bicyclic) bond motifs is 1. The molecule has 1 amide bonds. The highest BCUT2D eigenvalue weighted by atomic mass is 16.2. The van der Waals surface area contributed by atoms with E-state index in [4.69, 9.17) is 0 Å². The molecule has 1 aromatic carbocycles. The highest BCUT2D eigenvalue weighted by molar-refractivity contribution is 5.90. The molecule has 0 atom stereocenters. The third-order valence-corrected chi connectivity index (χ3v) is 3.61. The molecule has 0 radical (unpaired) electrons. The molecule has 8 nitrogen and oxygen atoms in total. The van der Waals surface area contributed by atoms with Gasteiger partial charge in [0.25, 0.3) is 5.56 Å². The zero-order chi connectivity index (χ0) is 17.3. The van der Waals surface area contributed by atoms with E-state index in [1.807, 2.05) is 39.0 Å². The van der Waals surface area contributed by atoms with E-state index in [-0.39, 0.29) is 23.5 Å². The quantitative estimate of drug-likeness (QED) is 0.779. The van der Waals surface area contributed by atoms with Crippen LogP contribution in [0.15, 0.2) is 29.3 Å². The standard InChI is InChI=1S/C16H18N6O2/c1-4-22-15-14(19-20-22)16(24)21(9-17-15)8-13(23)18-12-6-10(2)5-11(3)7-12/h5-7,9H,4,8H2,1-3H3,(H,18,23). The van der Waals surface area contributed by atoms with Crippen molar-refractivity contribution in [2.75, 3.05) is 5.32 Å². The van der Waals surface area contributed by atoms with Gasteiger partial charge in [0.2, 0.25) is 5.91 Å². The van der Waals surface area contributed by atoms with Crippen LogP contribution < -0.4 is 10.9 Å². The summed E-state index contributed by atoms with van der Waals surface area (Å²) in [7, 11) is 0. The molecular weight excluding hydrogens is 308 g/mol. The van der Waals surface area contributed by atoms with Gasteiger partial charge in [-0.3, -0.25) is 14.2 Å².